The molecule has 0 spiro atoms. The van der Waals surface area contributed by atoms with Crippen LogP contribution in [0.5, 0.6) is 0 Å². The highest BCUT2D eigenvalue weighted by Gasteiger charge is 2.20. The van der Waals surface area contributed by atoms with Gasteiger partial charge in [-0.2, -0.15) is 5.10 Å². The molecule has 18 heavy (non-hydrogen) atoms. The number of hydrogen-bond acceptors (Lipinski definition) is 2. The SMILES string of the molecule is Nc1nn(-c2ccc(F)c(F)c2)c2c1CCCC2. The van der Waals surface area contributed by atoms with E-state index < -0.39 is 11.6 Å². The molecule has 0 atom stereocenters. The number of benzene rings is 1. The number of aromatic nitrogens is 2. The first-order valence-electron chi connectivity index (χ1n) is 5.98. The summed E-state index contributed by atoms with van der Waals surface area (Å²) in [7, 11) is 0. The first kappa shape index (κ1) is 11.2. The summed E-state index contributed by atoms with van der Waals surface area (Å²) in [4.78, 5) is 0. The molecular formula is C13H13F2N3. The highest BCUT2D eigenvalue weighted by Crippen LogP contribution is 2.28. The summed E-state index contributed by atoms with van der Waals surface area (Å²) in [5.74, 6) is -1.23. The number of nitrogens with zero attached hydrogens (tertiary/aromatic N) is 2. The van der Waals surface area contributed by atoms with E-state index in [1.54, 1.807) is 4.68 Å². The summed E-state index contributed by atoms with van der Waals surface area (Å²) in [6.45, 7) is 0. The van der Waals surface area contributed by atoms with Crippen molar-refractivity contribution in [2.45, 2.75) is 25.7 Å². The van der Waals surface area contributed by atoms with Gasteiger partial charge in [0.2, 0.25) is 0 Å². The van der Waals surface area contributed by atoms with Crippen LogP contribution in [0.1, 0.15) is 24.1 Å². The molecule has 3 nitrogen and oxygen atoms in total. The van der Waals surface area contributed by atoms with E-state index in [0.717, 1.165) is 49.1 Å². The summed E-state index contributed by atoms with van der Waals surface area (Å²) < 4.78 is 27.8. The van der Waals surface area contributed by atoms with E-state index in [1.807, 2.05) is 0 Å². The van der Waals surface area contributed by atoms with Gasteiger partial charge >= 0.3 is 0 Å². The molecule has 0 amide bonds. The number of fused-ring (bicyclic) bond motifs is 1. The van der Waals surface area contributed by atoms with Crippen molar-refractivity contribution in [3.8, 4) is 5.69 Å². The van der Waals surface area contributed by atoms with Crippen molar-refractivity contribution in [3.05, 3.63) is 41.1 Å². The van der Waals surface area contributed by atoms with Gasteiger partial charge in [0.1, 0.15) is 5.82 Å². The molecule has 0 saturated carbocycles. The molecule has 0 radical (unpaired) electrons. The van der Waals surface area contributed by atoms with Crippen LogP contribution in [0.15, 0.2) is 18.2 Å². The minimum atomic E-state index is -0.869. The van der Waals surface area contributed by atoms with Crippen molar-refractivity contribution in [1.82, 2.24) is 9.78 Å². The predicted octanol–water partition coefficient (Wildman–Crippen LogP) is 2.61. The first-order valence-corrected chi connectivity index (χ1v) is 5.98. The number of hydrogen-bond donors (Lipinski definition) is 1. The molecule has 1 aliphatic carbocycles. The third kappa shape index (κ3) is 1.66. The maximum absolute atomic E-state index is 13.3. The summed E-state index contributed by atoms with van der Waals surface area (Å²) >= 11 is 0. The van der Waals surface area contributed by atoms with Gasteiger partial charge in [-0.3, -0.25) is 0 Å². The molecule has 1 heterocycles. The highest BCUT2D eigenvalue weighted by molar-refractivity contribution is 5.48. The molecule has 0 fully saturated rings. The van der Waals surface area contributed by atoms with Crippen LogP contribution < -0.4 is 5.73 Å². The fourth-order valence-corrected chi connectivity index (χ4v) is 2.46. The van der Waals surface area contributed by atoms with Gasteiger partial charge in [-0.15, -0.1) is 0 Å². The Kier molecular flexibility index (Phi) is 2.54. The van der Waals surface area contributed by atoms with Crippen LogP contribution in [0.3, 0.4) is 0 Å². The second-order valence-electron chi connectivity index (χ2n) is 4.53. The second-order valence-corrected chi connectivity index (χ2v) is 4.53. The van der Waals surface area contributed by atoms with Crippen molar-refractivity contribution in [1.29, 1.82) is 0 Å². The lowest BCUT2D eigenvalue weighted by molar-refractivity contribution is 0.507. The van der Waals surface area contributed by atoms with Crippen LogP contribution in [-0.4, -0.2) is 9.78 Å². The fraction of sp³-hybridized carbons (Fsp3) is 0.308. The van der Waals surface area contributed by atoms with Crippen LogP contribution in [0.2, 0.25) is 0 Å². The molecule has 2 N–H and O–H groups in total. The van der Waals surface area contributed by atoms with Gasteiger partial charge in [0.05, 0.1) is 5.69 Å². The lowest BCUT2D eigenvalue weighted by atomic mass is 9.97. The molecule has 5 heteroatoms. The Bertz CT molecular complexity index is 605. The number of rotatable bonds is 1. The largest absolute Gasteiger partial charge is 0.382 e. The smallest absolute Gasteiger partial charge is 0.160 e. The van der Waals surface area contributed by atoms with Crippen LogP contribution in [0.4, 0.5) is 14.6 Å². The fourth-order valence-electron chi connectivity index (χ4n) is 2.46. The zero-order chi connectivity index (χ0) is 12.7. The van der Waals surface area contributed by atoms with E-state index in [-0.39, 0.29) is 0 Å². The summed E-state index contributed by atoms with van der Waals surface area (Å²) in [6, 6.07) is 3.77. The average molecular weight is 249 g/mol. The monoisotopic (exact) mass is 249 g/mol. The van der Waals surface area contributed by atoms with E-state index in [4.69, 9.17) is 5.73 Å². The molecule has 2 aromatic rings. The lowest BCUT2D eigenvalue weighted by Crippen LogP contribution is -2.08. The number of nitrogens with two attached hydrogens (primary N) is 1. The van der Waals surface area contributed by atoms with Crippen LogP contribution in [-0.2, 0) is 12.8 Å². The van der Waals surface area contributed by atoms with Crippen molar-refractivity contribution in [2.24, 2.45) is 0 Å². The molecule has 0 aliphatic heterocycles. The van der Waals surface area contributed by atoms with Crippen LogP contribution in [0.25, 0.3) is 5.69 Å². The van der Waals surface area contributed by atoms with Gasteiger partial charge in [0.15, 0.2) is 11.6 Å². The second kappa shape index (κ2) is 4.08. The van der Waals surface area contributed by atoms with E-state index in [2.05, 4.69) is 5.10 Å². The Morgan fingerprint density at radius 3 is 2.67 bits per heavy atom. The Hall–Kier alpha value is -1.91. The van der Waals surface area contributed by atoms with E-state index >= 15 is 0 Å². The Balaban J connectivity index is 2.14. The van der Waals surface area contributed by atoms with Gasteiger partial charge in [-0.25, -0.2) is 13.5 Å². The number of halogens is 2. The maximum atomic E-state index is 13.3. The van der Waals surface area contributed by atoms with E-state index in [0.29, 0.717) is 11.5 Å². The molecule has 1 aliphatic rings. The van der Waals surface area contributed by atoms with Crippen molar-refractivity contribution in [3.63, 3.8) is 0 Å². The molecule has 0 unspecified atom stereocenters. The topological polar surface area (TPSA) is 43.8 Å². The predicted molar refractivity (Wildman–Crippen MR) is 64.5 cm³/mol. The Morgan fingerprint density at radius 2 is 1.89 bits per heavy atom. The van der Waals surface area contributed by atoms with Gasteiger partial charge in [-0.05, 0) is 37.8 Å². The van der Waals surface area contributed by atoms with Crippen LogP contribution >= 0.6 is 0 Å². The molecule has 0 saturated heterocycles. The molecule has 1 aromatic carbocycles. The third-order valence-corrected chi connectivity index (χ3v) is 3.36. The van der Waals surface area contributed by atoms with Gasteiger partial charge in [0, 0.05) is 17.3 Å². The Labute approximate surface area is 103 Å². The zero-order valence-electron chi connectivity index (χ0n) is 9.79. The van der Waals surface area contributed by atoms with Crippen molar-refractivity contribution >= 4 is 5.82 Å². The van der Waals surface area contributed by atoms with Crippen molar-refractivity contribution < 1.29 is 8.78 Å². The molecule has 1 aromatic heterocycles. The number of nitrogen functional groups attached to an aromatic ring is 1. The third-order valence-electron chi connectivity index (χ3n) is 3.36. The number of anilines is 1. The van der Waals surface area contributed by atoms with E-state index in [9.17, 15) is 8.78 Å². The minimum Gasteiger partial charge on any atom is -0.382 e. The van der Waals surface area contributed by atoms with Gasteiger partial charge in [-0.1, -0.05) is 0 Å². The maximum Gasteiger partial charge on any atom is 0.160 e. The van der Waals surface area contributed by atoms with Crippen molar-refractivity contribution in [2.75, 3.05) is 5.73 Å². The zero-order valence-corrected chi connectivity index (χ0v) is 9.79. The highest BCUT2D eigenvalue weighted by atomic mass is 19.2. The lowest BCUT2D eigenvalue weighted by Gasteiger charge is -2.13. The average Bonchev–Trinajstić information content (AvgIpc) is 2.71. The summed E-state index contributed by atoms with van der Waals surface area (Å²) in [5, 5.41) is 4.24. The molecule has 94 valence electrons. The normalized spacial score (nSPS) is 14.6. The summed E-state index contributed by atoms with van der Waals surface area (Å²) in [6.07, 6.45) is 3.95. The first-order chi connectivity index (χ1) is 8.66. The van der Waals surface area contributed by atoms with Gasteiger partial charge < -0.3 is 5.73 Å². The molecular weight excluding hydrogens is 236 g/mol. The minimum absolute atomic E-state index is 0.495. The molecule has 0 bridgehead atoms. The quantitative estimate of drug-likeness (QED) is 0.844. The summed E-state index contributed by atoms with van der Waals surface area (Å²) in [5.41, 5.74) is 8.45. The van der Waals surface area contributed by atoms with Crippen LogP contribution in [0, 0.1) is 11.6 Å². The van der Waals surface area contributed by atoms with E-state index in [1.165, 1.54) is 6.07 Å². The molecule has 3 rings (SSSR count). The van der Waals surface area contributed by atoms with Gasteiger partial charge in [0.25, 0.3) is 0 Å². The Morgan fingerprint density at radius 1 is 1.11 bits per heavy atom. The standard InChI is InChI=1S/C13H13F2N3/c14-10-6-5-8(7-11(10)15)18-12-4-2-1-3-9(12)13(16)17-18/h5-7H,1-4H2,(H2,16,17).